The van der Waals surface area contributed by atoms with Crippen molar-refractivity contribution in [3.05, 3.63) is 95.3 Å². The minimum Gasteiger partial charge on any atom is -0.465 e. The number of furan rings is 1. The van der Waals surface area contributed by atoms with Gasteiger partial charge in [0.15, 0.2) is 6.61 Å². The summed E-state index contributed by atoms with van der Waals surface area (Å²) in [6.07, 6.45) is 4.86. The number of benzene rings is 2. The zero-order valence-corrected chi connectivity index (χ0v) is 17.5. The molecule has 6 nitrogen and oxygen atoms in total. The number of nitrogens with one attached hydrogen (secondary N) is 1. The molecule has 33 heavy (non-hydrogen) atoms. The second-order valence-electron chi connectivity index (χ2n) is 7.65. The van der Waals surface area contributed by atoms with Gasteiger partial charge in [0.25, 0.3) is 5.91 Å². The van der Waals surface area contributed by atoms with Gasteiger partial charge in [-0.3, -0.25) is 4.79 Å². The molecule has 0 unspecified atom stereocenters. The molecule has 164 valence electrons. The van der Waals surface area contributed by atoms with E-state index in [-0.39, 0.29) is 0 Å². The number of esters is 1. The number of hydrogen-bond donors (Lipinski definition) is 1. The predicted molar refractivity (Wildman–Crippen MR) is 122 cm³/mol. The van der Waals surface area contributed by atoms with E-state index in [0.717, 1.165) is 16.8 Å². The van der Waals surface area contributed by atoms with Crippen molar-refractivity contribution in [2.75, 3.05) is 11.9 Å². The third-order valence-electron chi connectivity index (χ3n) is 5.45. The minimum atomic E-state index is -0.599. The number of nitrogens with zero attached hydrogens (tertiary/aromatic N) is 1. The van der Waals surface area contributed by atoms with Gasteiger partial charge in [-0.1, -0.05) is 24.3 Å². The SMILES string of the molecule is O=C(COC(=O)c1c2c(nc3ccccc13)C(=Cc1ccco1)CC2)Nc1cccc(F)c1. The number of ether oxygens (including phenoxy) is 1. The maximum atomic E-state index is 13.3. The quantitative estimate of drug-likeness (QED) is 0.427. The van der Waals surface area contributed by atoms with E-state index in [0.29, 0.717) is 40.8 Å². The largest absolute Gasteiger partial charge is 0.465 e. The molecule has 1 aliphatic rings. The van der Waals surface area contributed by atoms with Gasteiger partial charge in [0.05, 0.1) is 23.0 Å². The molecule has 0 saturated carbocycles. The van der Waals surface area contributed by atoms with Crippen LogP contribution in [0.2, 0.25) is 0 Å². The number of anilines is 1. The Morgan fingerprint density at radius 3 is 2.79 bits per heavy atom. The van der Waals surface area contributed by atoms with Crippen LogP contribution in [0.15, 0.2) is 71.3 Å². The predicted octanol–water partition coefficient (Wildman–Crippen LogP) is 5.25. The fraction of sp³-hybridized carbons (Fsp3) is 0.115. The average molecular weight is 442 g/mol. The van der Waals surface area contributed by atoms with E-state index in [1.807, 2.05) is 42.5 Å². The lowest BCUT2D eigenvalue weighted by atomic mass is 10.0. The number of allylic oxidation sites excluding steroid dienone is 1. The molecule has 0 bridgehead atoms. The summed E-state index contributed by atoms with van der Waals surface area (Å²) < 4.78 is 24.1. The van der Waals surface area contributed by atoms with Crippen LogP contribution in [-0.4, -0.2) is 23.5 Å². The van der Waals surface area contributed by atoms with E-state index in [9.17, 15) is 14.0 Å². The average Bonchev–Trinajstić information content (AvgIpc) is 3.46. The summed E-state index contributed by atoms with van der Waals surface area (Å²) in [4.78, 5) is 30.2. The molecule has 5 rings (SSSR count). The van der Waals surface area contributed by atoms with Crippen molar-refractivity contribution in [2.24, 2.45) is 0 Å². The van der Waals surface area contributed by atoms with Gasteiger partial charge in [-0.05, 0) is 66.5 Å². The Bertz CT molecular complexity index is 1390. The van der Waals surface area contributed by atoms with Crippen LogP contribution < -0.4 is 5.32 Å². The highest BCUT2D eigenvalue weighted by Crippen LogP contribution is 2.37. The Labute approximate surface area is 188 Å². The number of halogens is 1. The van der Waals surface area contributed by atoms with E-state index in [2.05, 4.69) is 5.32 Å². The van der Waals surface area contributed by atoms with Gasteiger partial charge in [0, 0.05) is 11.1 Å². The van der Waals surface area contributed by atoms with Crippen LogP contribution in [0.3, 0.4) is 0 Å². The summed E-state index contributed by atoms with van der Waals surface area (Å²) in [6.45, 7) is -0.490. The highest BCUT2D eigenvalue weighted by atomic mass is 19.1. The lowest BCUT2D eigenvalue weighted by Gasteiger charge is -2.12. The Hall–Kier alpha value is -4.26. The van der Waals surface area contributed by atoms with Crippen LogP contribution in [0.5, 0.6) is 0 Å². The first-order chi connectivity index (χ1) is 16.1. The molecule has 2 heterocycles. The van der Waals surface area contributed by atoms with Crippen LogP contribution >= 0.6 is 0 Å². The maximum Gasteiger partial charge on any atom is 0.339 e. The molecule has 1 aliphatic carbocycles. The summed E-state index contributed by atoms with van der Waals surface area (Å²) in [6, 6.07) is 16.5. The maximum absolute atomic E-state index is 13.3. The number of fused-ring (bicyclic) bond motifs is 2. The van der Waals surface area contributed by atoms with E-state index >= 15 is 0 Å². The van der Waals surface area contributed by atoms with Crippen molar-refractivity contribution >= 4 is 40.1 Å². The first-order valence-electron chi connectivity index (χ1n) is 10.5. The Morgan fingerprint density at radius 2 is 1.97 bits per heavy atom. The van der Waals surface area contributed by atoms with Crippen LogP contribution in [0.25, 0.3) is 22.6 Å². The second-order valence-corrected chi connectivity index (χ2v) is 7.65. The van der Waals surface area contributed by atoms with E-state index in [1.165, 1.54) is 18.2 Å². The van der Waals surface area contributed by atoms with E-state index in [4.69, 9.17) is 14.1 Å². The molecule has 4 aromatic rings. The minimum absolute atomic E-state index is 0.291. The molecule has 0 aliphatic heterocycles. The molecule has 2 aromatic carbocycles. The van der Waals surface area contributed by atoms with E-state index in [1.54, 1.807) is 12.3 Å². The lowest BCUT2D eigenvalue weighted by Crippen LogP contribution is -2.21. The zero-order chi connectivity index (χ0) is 22.8. The first kappa shape index (κ1) is 20.6. The van der Waals surface area contributed by atoms with Crippen LogP contribution in [0.1, 0.15) is 33.8 Å². The highest BCUT2D eigenvalue weighted by molar-refractivity contribution is 6.07. The Balaban J connectivity index is 1.43. The summed E-state index contributed by atoms with van der Waals surface area (Å²) in [5.74, 6) is -0.908. The van der Waals surface area contributed by atoms with Gasteiger partial charge in [0.2, 0.25) is 0 Å². The third-order valence-corrected chi connectivity index (χ3v) is 5.45. The van der Waals surface area contributed by atoms with Crippen molar-refractivity contribution in [3.8, 4) is 0 Å². The summed E-state index contributed by atoms with van der Waals surface area (Å²) >= 11 is 0. The molecule has 1 amide bonds. The van der Waals surface area contributed by atoms with Crippen LogP contribution in [0.4, 0.5) is 10.1 Å². The van der Waals surface area contributed by atoms with Gasteiger partial charge in [-0.15, -0.1) is 0 Å². The number of carbonyl (C=O) groups excluding carboxylic acids is 2. The number of para-hydroxylation sites is 1. The summed E-state index contributed by atoms with van der Waals surface area (Å²) in [7, 11) is 0. The molecule has 2 aromatic heterocycles. The second kappa shape index (κ2) is 8.70. The molecule has 0 atom stereocenters. The molecule has 0 radical (unpaired) electrons. The van der Waals surface area contributed by atoms with Gasteiger partial charge in [-0.25, -0.2) is 14.2 Å². The topological polar surface area (TPSA) is 81.4 Å². The van der Waals surface area contributed by atoms with Crippen molar-refractivity contribution in [1.29, 1.82) is 0 Å². The van der Waals surface area contributed by atoms with Crippen molar-refractivity contribution < 1.29 is 23.1 Å². The normalized spacial score (nSPS) is 13.8. The fourth-order valence-corrected chi connectivity index (χ4v) is 4.02. The Kier molecular flexibility index (Phi) is 5.44. The molecule has 0 spiro atoms. The van der Waals surface area contributed by atoms with E-state index < -0.39 is 24.3 Å². The first-order valence-corrected chi connectivity index (χ1v) is 10.5. The molecular weight excluding hydrogens is 423 g/mol. The molecule has 0 fully saturated rings. The fourth-order valence-electron chi connectivity index (χ4n) is 4.02. The molecule has 7 heteroatoms. The van der Waals surface area contributed by atoms with Crippen LogP contribution in [-0.2, 0) is 16.0 Å². The standard InChI is InChI=1S/C26H19FN2O4/c27-17-5-3-6-18(14-17)28-23(30)15-33-26(31)24-20-8-1-2-9-22(20)29-25-16(10-11-21(24)25)13-19-7-4-12-32-19/h1-9,12-14H,10-11,15H2,(H,28,30). The zero-order valence-electron chi connectivity index (χ0n) is 17.5. The number of aromatic nitrogens is 1. The summed E-state index contributed by atoms with van der Waals surface area (Å²) in [5, 5.41) is 3.20. The molecule has 1 N–H and O–H groups in total. The van der Waals surface area contributed by atoms with Gasteiger partial charge < -0.3 is 14.5 Å². The number of pyridine rings is 1. The van der Waals surface area contributed by atoms with Gasteiger partial charge in [-0.2, -0.15) is 0 Å². The van der Waals surface area contributed by atoms with Gasteiger partial charge >= 0.3 is 5.97 Å². The monoisotopic (exact) mass is 442 g/mol. The number of rotatable bonds is 5. The Morgan fingerprint density at radius 1 is 1.09 bits per heavy atom. The van der Waals surface area contributed by atoms with Crippen LogP contribution in [0, 0.1) is 5.82 Å². The number of hydrogen-bond acceptors (Lipinski definition) is 5. The lowest BCUT2D eigenvalue weighted by molar-refractivity contribution is -0.119. The highest BCUT2D eigenvalue weighted by Gasteiger charge is 2.28. The number of carbonyl (C=O) groups is 2. The molecule has 0 saturated heterocycles. The van der Waals surface area contributed by atoms with Crippen molar-refractivity contribution in [1.82, 2.24) is 4.98 Å². The smallest absolute Gasteiger partial charge is 0.339 e. The third kappa shape index (κ3) is 4.25. The molecular formula is C26H19FN2O4. The van der Waals surface area contributed by atoms with Crippen molar-refractivity contribution in [3.63, 3.8) is 0 Å². The summed E-state index contributed by atoms with van der Waals surface area (Å²) in [5.41, 5.74) is 3.88. The van der Waals surface area contributed by atoms with Gasteiger partial charge in [0.1, 0.15) is 11.6 Å². The van der Waals surface area contributed by atoms with Crippen molar-refractivity contribution in [2.45, 2.75) is 12.8 Å². The number of amides is 1.